The zero-order valence-corrected chi connectivity index (χ0v) is 27.7. The number of nitrogens with zero attached hydrogens (tertiary/aromatic N) is 2. The molecule has 3 atom stereocenters. The zero-order chi connectivity index (χ0) is 34.6. The van der Waals surface area contributed by atoms with Crippen molar-refractivity contribution in [3.05, 3.63) is 66.3 Å². The van der Waals surface area contributed by atoms with E-state index in [1.54, 1.807) is 18.3 Å². The van der Waals surface area contributed by atoms with E-state index in [0.29, 0.717) is 23.4 Å². The Kier molecular flexibility index (Phi) is 16.7. The second-order valence-corrected chi connectivity index (χ2v) is 11.9. The Morgan fingerprint density at radius 1 is 0.771 bits per heavy atom. The van der Waals surface area contributed by atoms with Gasteiger partial charge in [-0.15, -0.1) is 0 Å². The summed E-state index contributed by atoms with van der Waals surface area (Å²) in [5, 5.41) is 18.0. The second kappa shape index (κ2) is 21.2. The first-order valence-corrected chi connectivity index (χ1v) is 16.8. The molecule has 48 heavy (non-hydrogen) atoms. The van der Waals surface area contributed by atoms with E-state index in [9.17, 15) is 24.3 Å². The molecule has 3 amide bonds. The van der Waals surface area contributed by atoms with Gasteiger partial charge in [0.2, 0.25) is 17.7 Å². The van der Waals surface area contributed by atoms with Crippen LogP contribution in [0.5, 0.6) is 5.75 Å². The van der Waals surface area contributed by atoms with Gasteiger partial charge >= 0.3 is 5.97 Å². The third-order valence-corrected chi connectivity index (χ3v) is 7.84. The summed E-state index contributed by atoms with van der Waals surface area (Å²) in [7, 11) is 0. The average molecular weight is 667 g/mol. The van der Waals surface area contributed by atoms with Crippen LogP contribution in [0.15, 0.2) is 49.3 Å². The highest BCUT2D eigenvalue weighted by Gasteiger charge is 2.31. The van der Waals surface area contributed by atoms with Crippen LogP contribution in [0.2, 0.25) is 0 Å². The summed E-state index contributed by atoms with van der Waals surface area (Å²) in [6.07, 6.45) is 15.3. The number of imidazole rings is 2. The van der Waals surface area contributed by atoms with E-state index < -0.39 is 35.9 Å². The van der Waals surface area contributed by atoms with Crippen LogP contribution in [-0.4, -0.2) is 80.0 Å². The van der Waals surface area contributed by atoms with Gasteiger partial charge in [0.1, 0.15) is 30.5 Å². The number of rotatable bonds is 23. The number of phenolic OH excluding ortho intramolecular Hbond substituents is 1. The minimum atomic E-state index is -1.14. The maximum absolute atomic E-state index is 13.7. The van der Waals surface area contributed by atoms with Gasteiger partial charge in [-0.05, 0) is 24.1 Å². The largest absolute Gasteiger partial charge is 0.508 e. The van der Waals surface area contributed by atoms with Crippen LogP contribution in [0.1, 0.15) is 81.7 Å². The number of carbonyl (C=O) groups excluding carboxylic acids is 4. The van der Waals surface area contributed by atoms with Crippen molar-refractivity contribution in [3.8, 4) is 5.75 Å². The fourth-order valence-electron chi connectivity index (χ4n) is 5.20. The number of carbonyl (C=O) groups is 4. The van der Waals surface area contributed by atoms with Gasteiger partial charge in [0.05, 0.1) is 12.7 Å². The van der Waals surface area contributed by atoms with Crippen LogP contribution >= 0.6 is 0 Å². The van der Waals surface area contributed by atoms with E-state index in [-0.39, 0.29) is 50.5 Å². The van der Waals surface area contributed by atoms with Crippen molar-refractivity contribution in [3.63, 3.8) is 0 Å². The molecule has 0 spiro atoms. The Morgan fingerprint density at radius 2 is 1.31 bits per heavy atom. The molecule has 14 nitrogen and oxygen atoms in total. The fraction of sp³-hybridized carbons (Fsp3) is 0.529. The molecule has 0 aliphatic heterocycles. The molecule has 2 aromatic heterocycles. The number of amides is 3. The number of ether oxygens (including phenoxy) is 1. The normalized spacial score (nSPS) is 12.9. The molecule has 0 saturated carbocycles. The molecule has 3 aromatic rings. The van der Waals surface area contributed by atoms with E-state index >= 15 is 0 Å². The molecule has 3 rings (SSSR count). The molecule has 262 valence electrons. The van der Waals surface area contributed by atoms with Gasteiger partial charge in [0.15, 0.2) is 0 Å². The Balaban J connectivity index is 1.70. The van der Waals surface area contributed by atoms with E-state index in [1.807, 2.05) is 0 Å². The lowest BCUT2D eigenvalue weighted by Crippen LogP contribution is -2.57. The van der Waals surface area contributed by atoms with Gasteiger partial charge in [0.25, 0.3) is 0 Å². The number of aromatic amines is 2. The van der Waals surface area contributed by atoms with Crippen molar-refractivity contribution >= 4 is 23.7 Å². The summed E-state index contributed by atoms with van der Waals surface area (Å²) < 4.78 is 5.24. The standard InChI is InChI=1S/C34H50N8O6/c1-2-3-4-5-6-7-8-9-10-31(44)40-28(18-25-20-36-22-38-25)32(45)41-29(19-26-21-37-23-39-26)33(46)42-30(34(47)48-16-15-35)17-24-11-13-27(43)14-12-24/h11-14,20-23,28-30,43H,2-10,15-19,35H2,1H3,(H,36,38)(H,37,39)(H,40,44)(H,41,45)(H,42,46)/t28-,29-,30-/m0/s1. The maximum atomic E-state index is 13.7. The molecule has 0 radical (unpaired) electrons. The molecule has 0 bridgehead atoms. The summed E-state index contributed by atoms with van der Waals surface area (Å²) in [6, 6.07) is 2.97. The van der Waals surface area contributed by atoms with Crippen LogP contribution in [0.25, 0.3) is 0 Å². The highest BCUT2D eigenvalue weighted by Crippen LogP contribution is 2.13. The number of nitrogens with one attached hydrogen (secondary N) is 5. The van der Waals surface area contributed by atoms with Gasteiger partial charge in [-0.1, -0.05) is 64.0 Å². The zero-order valence-electron chi connectivity index (χ0n) is 27.7. The summed E-state index contributed by atoms with van der Waals surface area (Å²) >= 11 is 0. The lowest BCUT2D eigenvalue weighted by Gasteiger charge is -2.25. The van der Waals surface area contributed by atoms with Crippen molar-refractivity contribution in [2.45, 2.75) is 102 Å². The van der Waals surface area contributed by atoms with Crippen molar-refractivity contribution in [1.82, 2.24) is 35.9 Å². The summed E-state index contributed by atoms with van der Waals surface area (Å²) in [5.41, 5.74) is 7.38. The first-order valence-electron chi connectivity index (χ1n) is 16.8. The number of benzene rings is 1. The average Bonchev–Trinajstić information content (AvgIpc) is 3.79. The molecule has 8 N–H and O–H groups in total. The van der Waals surface area contributed by atoms with E-state index in [4.69, 9.17) is 10.5 Å². The summed E-state index contributed by atoms with van der Waals surface area (Å²) in [6.45, 7) is 2.25. The lowest BCUT2D eigenvalue weighted by molar-refractivity contribution is -0.147. The minimum absolute atomic E-state index is 0.0321. The van der Waals surface area contributed by atoms with Gasteiger partial charge in [-0.2, -0.15) is 0 Å². The predicted molar refractivity (Wildman–Crippen MR) is 179 cm³/mol. The van der Waals surface area contributed by atoms with Crippen LogP contribution in [0, 0.1) is 0 Å². The van der Waals surface area contributed by atoms with Crippen LogP contribution in [0.3, 0.4) is 0 Å². The highest BCUT2D eigenvalue weighted by molar-refractivity contribution is 5.94. The second-order valence-electron chi connectivity index (χ2n) is 11.9. The third-order valence-electron chi connectivity index (χ3n) is 7.84. The summed E-state index contributed by atoms with van der Waals surface area (Å²) in [4.78, 5) is 67.3. The number of aromatic nitrogens is 4. The first-order chi connectivity index (χ1) is 23.3. The van der Waals surface area contributed by atoms with Crippen molar-refractivity contribution in [2.24, 2.45) is 5.73 Å². The number of hydrogen-bond donors (Lipinski definition) is 7. The van der Waals surface area contributed by atoms with Crippen LogP contribution in [-0.2, 0) is 43.2 Å². The quantitative estimate of drug-likeness (QED) is 0.0583. The molecule has 1 aromatic carbocycles. The Morgan fingerprint density at radius 3 is 1.85 bits per heavy atom. The monoisotopic (exact) mass is 666 g/mol. The smallest absolute Gasteiger partial charge is 0.329 e. The first kappa shape index (κ1) is 37.7. The van der Waals surface area contributed by atoms with Gasteiger partial charge in [-0.3, -0.25) is 14.4 Å². The molecule has 0 fully saturated rings. The molecule has 14 heteroatoms. The topological polar surface area (TPSA) is 217 Å². The minimum Gasteiger partial charge on any atom is -0.508 e. The SMILES string of the molecule is CCCCCCCCCCC(=O)N[C@@H](Cc1cnc[nH]1)C(=O)N[C@@H](Cc1cnc[nH]1)C(=O)N[C@@H](Cc1ccc(O)cc1)C(=O)OCCN. The number of aromatic hydroxyl groups is 1. The molecule has 2 heterocycles. The Hall–Kier alpha value is -4.72. The van der Waals surface area contributed by atoms with Crippen molar-refractivity contribution in [2.75, 3.05) is 13.2 Å². The Labute approximate surface area is 281 Å². The molecule has 0 aliphatic rings. The summed E-state index contributed by atoms with van der Waals surface area (Å²) in [5.74, 6) is -2.11. The van der Waals surface area contributed by atoms with E-state index in [0.717, 1.165) is 19.3 Å². The molecular formula is C34H50N8O6. The maximum Gasteiger partial charge on any atom is 0.329 e. The number of hydrogen-bond acceptors (Lipinski definition) is 9. The third kappa shape index (κ3) is 14.0. The molecular weight excluding hydrogens is 616 g/mol. The van der Waals surface area contributed by atoms with Crippen LogP contribution < -0.4 is 21.7 Å². The van der Waals surface area contributed by atoms with E-state index in [1.165, 1.54) is 56.7 Å². The van der Waals surface area contributed by atoms with Gasteiger partial charge in [-0.25, -0.2) is 14.8 Å². The predicted octanol–water partition coefficient (Wildman–Crippen LogP) is 2.35. The lowest BCUT2D eigenvalue weighted by atomic mass is 10.0. The van der Waals surface area contributed by atoms with Gasteiger partial charge in [0, 0.05) is 56.0 Å². The highest BCUT2D eigenvalue weighted by atomic mass is 16.5. The number of nitrogens with two attached hydrogens (primary N) is 1. The number of esters is 1. The fourth-order valence-corrected chi connectivity index (χ4v) is 5.20. The Bertz CT molecular complexity index is 1360. The number of unbranched alkanes of at least 4 members (excludes halogenated alkanes) is 7. The van der Waals surface area contributed by atoms with Crippen molar-refractivity contribution < 1.29 is 29.0 Å². The molecule has 0 saturated heterocycles. The van der Waals surface area contributed by atoms with E-state index in [2.05, 4.69) is 42.8 Å². The number of H-pyrrole nitrogens is 2. The molecule has 0 unspecified atom stereocenters. The van der Waals surface area contributed by atoms with Gasteiger partial charge < -0.3 is 41.5 Å². The van der Waals surface area contributed by atoms with Crippen LogP contribution in [0.4, 0.5) is 0 Å². The number of phenols is 1. The van der Waals surface area contributed by atoms with Crippen molar-refractivity contribution in [1.29, 1.82) is 0 Å². The molecule has 0 aliphatic carbocycles.